The van der Waals surface area contributed by atoms with Gasteiger partial charge in [0.15, 0.2) is 5.78 Å². The molecule has 2 saturated heterocycles. The van der Waals surface area contributed by atoms with E-state index in [2.05, 4.69) is 18.8 Å². The molecule has 4 aromatic rings. The molecule has 3 aliphatic rings. The second-order valence-electron chi connectivity index (χ2n) is 15.6. The lowest BCUT2D eigenvalue weighted by molar-refractivity contribution is 0.0686. The second-order valence-corrected chi connectivity index (χ2v) is 15.6. The van der Waals surface area contributed by atoms with Crippen LogP contribution in [-0.2, 0) is 26.1 Å². The third kappa shape index (κ3) is 10.1. The topological polar surface area (TPSA) is 119 Å². The van der Waals surface area contributed by atoms with Gasteiger partial charge in [-0.1, -0.05) is 13.8 Å². The van der Waals surface area contributed by atoms with Crippen molar-refractivity contribution in [2.75, 3.05) is 32.8 Å². The number of hydrogen-bond acceptors (Lipinski definition) is 9. The third-order valence-electron chi connectivity index (χ3n) is 11.4. The summed E-state index contributed by atoms with van der Waals surface area (Å²) < 4.78 is 25.2. The smallest absolute Gasteiger partial charge is 0.256 e. The van der Waals surface area contributed by atoms with Crippen LogP contribution in [0.15, 0.2) is 76.7 Å². The number of fused-ring (bicyclic) bond motifs is 2. The molecule has 2 amide bonds. The molecule has 0 aliphatic carbocycles. The number of rotatable bonds is 16. The molecule has 7 rings (SSSR count). The van der Waals surface area contributed by atoms with Gasteiger partial charge in [0.1, 0.15) is 49.4 Å². The van der Waals surface area contributed by atoms with Gasteiger partial charge < -0.3 is 28.7 Å². The van der Waals surface area contributed by atoms with Crippen LogP contribution in [0.2, 0.25) is 0 Å². The monoisotopic (exact) mass is 812 g/mol. The Morgan fingerprint density at radius 3 is 2.08 bits per heavy atom. The standard InChI is InChI=1S/C49H56N4O7/c1-5-36-26-42(48(55)52-18-10-8-11-19-52)44(50-7-3)28-46(36)59-31-34-23-35(25-41(24-34)58-22-21-57-40-16-14-38(15-17-40)33(4)54)32-60-47-29-45-43(27-37(47)6-2)49(56)53-20-12-9-13-39(53)30-51-45/h7,14-17,23-30,39H,5-6,8-13,18-22,31-32H2,1-4H3. The molecule has 11 heteroatoms. The largest absolute Gasteiger partial charge is 0.490 e. The minimum Gasteiger partial charge on any atom is -0.490 e. The van der Waals surface area contributed by atoms with E-state index in [4.69, 9.17) is 23.9 Å². The van der Waals surface area contributed by atoms with Gasteiger partial charge in [0.05, 0.1) is 28.5 Å². The number of aryl methyl sites for hydroxylation is 2. The number of carbonyl (C=O) groups excluding carboxylic acids is 3. The fourth-order valence-electron chi connectivity index (χ4n) is 8.10. The summed E-state index contributed by atoms with van der Waals surface area (Å²) >= 11 is 0. The van der Waals surface area contributed by atoms with E-state index in [9.17, 15) is 14.4 Å². The summed E-state index contributed by atoms with van der Waals surface area (Å²) in [6.07, 6.45) is 11.2. The zero-order valence-electron chi connectivity index (χ0n) is 35.3. The van der Waals surface area contributed by atoms with Crippen molar-refractivity contribution in [3.05, 3.63) is 106 Å². The number of carbonyl (C=O) groups is 3. The number of ketones is 1. The van der Waals surface area contributed by atoms with E-state index in [1.807, 2.05) is 65.4 Å². The van der Waals surface area contributed by atoms with Crippen molar-refractivity contribution >= 4 is 41.4 Å². The SMILES string of the molecule is CC=Nc1cc(OCc2cc(COc3cc4c(cc3CC)C(=O)N3CCCCC3C=N4)cc(OCCOc3ccc(C(C)=O)cc3)c2)c(CC)cc1C(=O)N1CCCCC1. The van der Waals surface area contributed by atoms with Crippen molar-refractivity contribution in [2.24, 2.45) is 9.98 Å². The number of benzene rings is 4. The van der Waals surface area contributed by atoms with Crippen molar-refractivity contribution in [3.8, 4) is 23.0 Å². The molecule has 0 bridgehead atoms. The summed E-state index contributed by atoms with van der Waals surface area (Å²) in [6, 6.07) is 20.7. The average Bonchev–Trinajstić information content (AvgIpc) is 3.41. The number of nitrogens with zero attached hydrogens (tertiary/aromatic N) is 4. The van der Waals surface area contributed by atoms with Gasteiger partial charge in [-0.2, -0.15) is 0 Å². The Labute approximate surface area is 353 Å². The zero-order valence-corrected chi connectivity index (χ0v) is 35.3. The number of likely N-dealkylation sites (tertiary alicyclic amines) is 1. The van der Waals surface area contributed by atoms with Gasteiger partial charge in [-0.05, 0) is 142 Å². The second kappa shape index (κ2) is 19.9. The molecule has 0 aromatic heterocycles. The van der Waals surface area contributed by atoms with Crippen LogP contribution in [0.4, 0.5) is 11.4 Å². The van der Waals surface area contributed by atoms with E-state index < -0.39 is 0 Å². The molecule has 60 heavy (non-hydrogen) atoms. The van der Waals surface area contributed by atoms with Crippen molar-refractivity contribution in [1.82, 2.24) is 9.80 Å². The maximum absolute atomic E-state index is 13.7. The van der Waals surface area contributed by atoms with E-state index in [1.54, 1.807) is 30.5 Å². The predicted octanol–water partition coefficient (Wildman–Crippen LogP) is 9.69. The first-order valence-electron chi connectivity index (χ1n) is 21.5. The first kappa shape index (κ1) is 42.2. The van der Waals surface area contributed by atoms with Crippen molar-refractivity contribution in [1.29, 1.82) is 0 Å². The number of amides is 2. The summed E-state index contributed by atoms with van der Waals surface area (Å²) in [5, 5.41) is 0. The molecule has 1 unspecified atom stereocenters. The third-order valence-corrected chi connectivity index (χ3v) is 11.4. The van der Waals surface area contributed by atoms with Gasteiger partial charge in [0.2, 0.25) is 0 Å². The Bertz CT molecular complexity index is 2240. The number of ether oxygens (including phenoxy) is 4. The van der Waals surface area contributed by atoms with E-state index >= 15 is 0 Å². The number of aliphatic imine (C=N–C) groups is 2. The Hall–Kier alpha value is -5.97. The van der Waals surface area contributed by atoms with Crippen molar-refractivity contribution < 1.29 is 33.3 Å². The molecule has 0 radical (unpaired) electrons. The molecule has 3 aliphatic heterocycles. The molecule has 0 saturated carbocycles. The lowest BCUT2D eigenvalue weighted by Crippen LogP contribution is -2.43. The first-order valence-corrected chi connectivity index (χ1v) is 21.5. The van der Waals surface area contributed by atoms with Gasteiger partial charge in [0, 0.05) is 49.8 Å². The number of piperidine rings is 2. The number of hydrogen-bond donors (Lipinski definition) is 0. The summed E-state index contributed by atoms with van der Waals surface area (Å²) in [5.74, 6) is 2.68. The molecule has 314 valence electrons. The highest BCUT2D eigenvalue weighted by molar-refractivity contribution is 6.03. The van der Waals surface area contributed by atoms with Crippen LogP contribution in [0.1, 0.15) is 120 Å². The predicted molar refractivity (Wildman–Crippen MR) is 235 cm³/mol. The first-order chi connectivity index (χ1) is 29.2. The van der Waals surface area contributed by atoms with Crippen LogP contribution in [0.25, 0.3) is 0 Å². The Balaban J connectivity index is 1.11. The van der Waals surface area contributed by atoms with Gasteiger partial charge in [-0.3, -0.25) is 24.4 Å². The van der Waals surface area contributed by atoms with Crippen LogP contribution < -0.4 is 18.9 Å². The summed E-state index contributed by atoms with van der Waals surface area (Å²) in [5.41, 5.74) is 6.68. The quantitative estimate of drug-likeness (QED) is 0.0628. The Kier molecular flexibility index (Phi) is 14.0. The summed E-state index contributed by atoms with van der Waals surface area (Å²) in [7, 11) is 0. The summed E-state index contributed by atoms with van der Waals surface area (Å²) in [6.45, 7) is 10.8. The minimum atomic E-state index is 0.00147. The van der Waals surface area contributed by atoms with Crippen LogP contribution in [0.5, 0.6) is 23.0 Å². The van der Waals surface area contributed by atoms with Crippen LogP contribution >= 0.6 is 0 Å². The van der Waals surface area contributed by atoms with Crippen LogP contribution in [0, 0.1) is 0 Å². The highest BCUT2D eigenvalue weighted by atomic mass is 16.5. The van der Waals surface area contributed by atoms with Crippen molar-refractivity contribution in [3.63, 3.8) is 0 Å². The maximum Gasteiger partial charge on any atom is 0.256 e. The summed E-state index contributed by atoms with van der Waals surface area (Å²) in [4.78, 5) is 52.2. The van der Waals surface area contributed by atoms with Gasteiger partial charge in [-0.15, -0.1) is 0 Å². The van der Waals surface area contributed by atoms with Gasteiger partial charge >= 0.3 is 0 Å². The molecule has 4 aromatic carbocycles. The highest BCUT2D eigenvalue weighted by Gasteiger charge is 2.31. The molecular weight excluding hydrogens is 757 g/mol. The lowest BCUT2D eigenvalue weighted by atomic mass is 10.0. The molecule has 11 nitrogen and oxygen atoms in total. The molecular formula is C49H56N4O7. The van der Waals surface area contributed by atoms with Crippen molar-refractivity contribution in [2.45, 2.75) is 98.3 Å². The molecule has 3 heterocycles. The minimum absolute atomic E-state index is 0.00147. The van der Waals surface area contributed by atoms with Gasteiger partial charge in [-0.25, -0.2) is 0 Å². The normalized spacial score (nSPS) is 16.3. The zero-order chi connectivity index (χ0) is 42.0. The molecule has 1 atom stereocenters. The number of Topliss-reactive ketones (excluding diaryl/α,β-unsaturated/α-hetero) is 1. The van der Waals surface area contributed by atoms with E-state index in [-0.39, 0.29) is 43.5 Å². The highest BCUT2D eigenvalue weighted by Crippen LogP contribution is 2.36. The fourth-order valence-corrected chi connectivity index (χ4v) is 8.10. The molecule has 2 fully saturated rings. The lowest BCUT2D eigenvalue weighted by Gasteiger charge is -2.32. The fraction of sp³-hybridized carbons (Fsp3) is 0.408. The Morgan fingerprint density at radius 2 is 1.42 bits per heavy atom. The van der Waals surface area contributed by atoms with Gasteiger partial charge in [0.25, 0.3) is 11.8 Å². The van der Waals surface area contributed by atoms with E-state index in [0.717, 1.165) is 80.4 Å². The average molecular weight is 813 g/mol. The molecule has 0 N–H and O–H groups in total. The Morgan fingerprint density at radius 1 is 0.767 bits per heavy atom. The van der Waals surface area contributed by atoms with Crippen LogP contribution in [-0.4, -0.2) is 78.7 Å². The molecule has 0 spiro atoms. The maximum atomic E-state index is 13.7. The van der Waals surface area contributed by atoms with E-state index in [0.29, 0.717) is 70.5 Å². The van der Waals surface area contributed by atoms with E-state index in [1.165, 1.54) is 6.92 Å². The van der Waals surface area contributed by atoms with Crippen LogP contribution in [0.3, 0.4) is 0 Å².